The molecule has 0 spiro atoms. The second-order valence-corrected chi connectivity index (χ2v) is 6.70. The largest absolute Gasteiger partial charge is 0.465 e. The number of ether oxygens (including phenoxy) is 1. The Morgan fingerprint density at radius 2 is 2.44 bits per heavy atom. The van der Waals surface area contributed by atoms with Gasteiger partial charge < -0.3 is 9.64 Å². The first-order valence-corrected chi connectivity index (χ1v) is 8.01. The minimum atomic E-state index is -0.415. The number of carbonyl (C=O) groups excluding carboxylic acids is 1. The topological polar surface area (TPSA) is 42.4 Å². The Labute approximate surface area is 120 Å². The van der Waals surface area contributed by atoms with E-state index in [1.165, 1.54) is 18.4 Å². The summed E-state index contributed by atoms with van der Waals surface area (Å²) < 4.78 is 4.68. The van der Waals surface area contributed by atoms with Crippen molar-refractivity contribution in [3.05, 3.63) is 10.0 Å². The molecule has 1 fully saturated rings. The summed E-state index contributed by atoms with van der Waals surface area (Å²) in [5, 5.41) is 1.69. The minimum absolute atomic E-state index is 0.244. The molecule has 1 aliphatic rings. The van der Waals surface area contributed by atoms with Crippen molar-refractivity contribution < 1.29 is 9.53 Å². The monoisotopic (exact) mass is 306 g/mol. The Hall–Kier alpha value is -0.460. The van der Waals surface area contributed by atoms with Crippen LogP contribution in [0, 0.1) is 0 Å². The molecule has 18 heavy (non-hydrogen) atoms. The second-order valence-electron chi connectivity index (χ2n) is 3.96. The molecule has 2 heterocycles. The SMILES string of the molecule is CCC1CN(c2nc(Cl)c(C(=O)OC)s2)CCS1. The molecule has 1 saturated heterocycles. The van der Waals surface area contributed by atoms with Crippen molar-refractivity contribution in [1.82, 2.24) is 4.98 Å². The first-order valence-electron chi connectivity index (χ1n) is 5.76. The minimum Gasteiger partial charge on any atom is -0.465 e. The number of esters is 1. The first kappa shape index (κ1) is 14.0. The summed E-state index contributed by atoms with van der Waals surface area (Å²) >= 11 is 9.28. The van der Waals surface area contributed by atoms with E-state index in [1.807, 2.05) is 11.8 Å². The molecule has 0 saturated carbocycles. The fraction of sp³-hybridized carbons (Fsp3) is 0.636. The highest BCUT2D eigenvalue weighted by Crippen LogP contribution is 2.33. The molecular weight excluding hydrogens is 292 g/mol. The highest BCUT2D eigenvalue weighted by molar-refractivity contribution is 8.00. The van der Waals surface area contributed by atoms with E-state index >= 15 is 0 Å². The van der Waals surface area contributed by atoms with Crippen LogP contribution >= 0.6 is 34.7 Å². The lowest BCUT2D eigenvalue weighted by atomic mass is 10.3. The molecule has 1 aliphatic heterocycles. The van der Waals surface area contributed by atoms with Crippen LogP contribution in [0.25, 0.3) is 0 Å². The molecule has 0 aromatic carbocycles. The van der Waals surface area contributed by atoms with Crippen LogP contribution in [0.3, 0.4) is 0 Å². The molecule has 4 nitrogen and oxygen atoms in total. The number of aromatic nitrogens is 1. The van der Waals surface area contributed by atoms with Crippen LogP contribution in [0.2, 0.25) is 5.15 Å². The summed E-state index contributed by atoms with van der Waals surface area (Å²) in [6.45, 7) is 4.10. The van der Waals surface area contributed by atoms with Crippen molar-refractivity contribution in [2.75, 3.05) is 30.9 Å². The van der Waals surface area contributed by atoms with E-state index < -0.39 is 5.97 Å². The van der Waals surface area contributed by atoms with Crippen LogP contribution in [0.4, 0.5) is 5.13 Å². The molecule has 0 N–H and O–H groups in total. The molecule has 0 aliphatic carbocycles. The van der Waals surface area contributed by atoms with Gasteiger partial charge >= 0.3 is 5.97 Å². The number of carbonyl (C=O) groups is 1. The smallest absolute Gasteiger partial charge is 0.351 e. The van der Waals surface area contributed by atoms with E-state index in [-0.39, 0.29) is 5.15 Å². The Morgan fingerprint density at radius 3 is 3.11 bits per heavy atom. The zero-order valence-electron chi connectivity index (χ0n) is 10.3. The Balaban J connectivity index is 2.16. The number of thiazole rings is 1. The third kappa shape index (κ3) is 2.92. The lowest BCUT2D eigenvalue weighted by Crippen LogP contribution is -2.37. The van der Waals surface area contributed by atoms with Gasteiger partial charge in [0, 0.05) is 24.1 Å². The number of rotatable bonds is 3. The maximum atomic E-state index is 11.5. The van der Waals surface area contributed by atoms with Crippen LogP contribution in [0.5, 0.6) is 0 Å². The van der Waals surface area contributed by atoms with Gasteiger partial charge in [0.1, 0.15) is 0 Å². The van der Waals surface area contributed by atoms with Gasteiger partial charge in [-0.15, -0.1) is 0 Å². The van der Waals surface area contributed by atoms with Gasteiger partial charge in [0.25, 0.3) is 0 Å². The van der Waals surface area contributed by atoms with Crippen molar-refractivity contribution in [2.24, 2.45) is 0 Å². The molecule has 0 bridgehead atoms. The summed E-state index contributed by atoms with van der Waals surface area (Å²) in [4.78, 5) is 18.4. The lowest BCUT2D eigenvalue weighted by Gasteiger charge is -2.31. The average molecular weight is 307 g/mol. The number of hydrogen-bond donors (Lipinski definition) is 0. The summed E-state index contributed by atoms with van der Waals surface area (Å²) in [6.07, 6.45) is 1.14. The zero-order chi connectivity index (χ0) is 13.1. The van der Waals surface area contributed by atoms with Gasteiger partial charge in [0.2, 0.25) is 0 Å². The van der Waals surface area contributed by atoms with E-state index in [4.69, 9.17) is 11.6 Å². The first-order chi connectivity index (χ1) is 8.65. The van der Waals surface area contributed by atoms with Gasteiger partial charge in [-0.05, 0) is 6.42 Å². The van der Waals surface area contributed by atoms with E-state index in [9.17, 15) is 4.79 Å². The van der Waals surface area contributed by atoms with E-state index in [0.717, 1.165) is 30.4 Å². The number of nitrogens with zero attached hydrogens (tertiary/aromatic N) is 2. The van der Waals surface area contributed by atoms with Crippen LogP contribution in [0.1, 0.15) is 23.0 Å². The van der Waals surface area contributed by atoms with Crippen molar-refractivity contribution in [3.8, 4) is 0 Å². The predicted molar refractivity (Wildman–Crippen MR) is 77.2 cm³/mol. The summed E-state index contributed by atoms with van der Waals surface area (Å²) in [7, 11) is 1.35. The molecule has 1 aromatic heterocycles. The average Bonchev–Trinajstić information content (AvgIpc) is 2.80. The van der Waals surface area contributed by atoms with Gasteiger partial charge in [0.15, 0.2) is 15.2 Å². The number of methoxy groups -OCH3 is 1. The van der Waals surface area contributed by atoms with Crippen LogP contribution < -0.4 is 4.90 Å². The fourth-order valence-electron chi connectivity index (χ4n) is 1.78. The van der Waals surface area contributed by atoms with Gasteiger partial charge in [-0.3, -0.25) is 0 Å². The Morgan fingerprint density at radius 1 is 1.67 bits per heavy atom. The summed E-state index contributed by atoms with van der Waals surface area (Å²) in [6, 6.07) is 0. The molecule has 2 rings (SSSR count). The van der Waals surface area contributed by atoms with Gasteiger partial charge in [0.05, 0.1) is 7.11 Å². The molecule has 0 amide bonds. The van der Waals surface area contributed by atoms with E-state index in [1.54, 1.807) is 0 Å². The molecule has 100 valence electrons. The predicted octanol–water partition coefficient (Wildman–Crippen LogP) is 2.91. The summed E-state index contributed by atoms with van der Waals surface area (Å²) in [5.74, 6) is 0.672. The standard InChI is InChI=1S/C11H15ClN2O2S2/c1-3-7-6-14(4-5-17-7)11-13-9(12)8(18-11)10(15)16-2/h7H,3-6H2,1-2H3. The highest BCUT2D eigenvalue weighted by atomic mass is 35.5. The van der Waals surface area contributed by atoms with Crippen LogP contribution in [-0.2, 0) is 4.74 Å². The maximum Gasteiger partial charge on any atom is 0.351 e. The van der Waals surface area contributed by atoms with Gasteiger partial charge in [-0.1, -0.05) is 29.9 Å². The molecule has 7 heteroatoms. The molecule has 0 radical (unpaired) electrons. The van der Waals surface area contributed by atoms with Gasteiger partial charge in [-0.25, -0.2) is 9.78 Å². The van der Waals surface area contributed by atoms with Crippen molar-refractivity contribution >= 4 is 45.8 Å². The lowest BCUT2D eigenvalue weighted by molar-refractivity contribution is 0.0606. The normalized spacial score (nSPS) is 19.9. The Bertz CT molecular complexity index is 439. The number of anilines is 1. The van der Waals surface area contributed by atoms with Crippen LogP contribution in [0.15, 0.2) is 0 Å². The molecule has 1 unspecified atom stereocenters. The third-order valence-electron chi connectivity index (χ3n) is 2.81. The van der Waals surface area contributed by atoms with Crippen molar-refractivity contribution in [1.29, 1.82) is 0 Å². The quantitative estimate of drug-likeness (QED) is 0.803. The molecular formula is C11H15ClN2O2S2. The van der Waals surface area contributed by atoms with Crippen molar-refractivity contribution in [3.63, 3.8) is 0 Å². The van der Waals surface area contributed by atoms with Crippen molar-refractivity contribution in [2.45, 2.75) is 18.6 Å². The number of halogens is 1. The number of thioether (sulfide) groups is 1. The van der Waals surface area contributed by atoms with Gasteiger partial charge in [-0.2, -0.15) is 11.8 Å². The van der Waals surface area contributed by atoms with Crippen LogP contribution in [-0.4, -0.2) is 42.2 Å². The maximum absolute atomic E-state index is 11.5. The number of hydrogen-bond acceptors (Lipinski definition) is 6. The fourth-order valence-corrected chi connectivity index (χ4v) is 4.20. The highest BCUT2D eigenvalue weighted by Gasteiger charge is 2.24. The third-order valence-corrected chi connectivity index (χ3v) is 5.66. The van der Waals surface area contributed by atoms with E-state index in [2.05, 4.69) is 21.5 Å². The zero-order valence-corrected chi connectivity index (χ0v) is 12.7. The summed E-state index contributed by atoms with van der Waals surface area (Å²) in [5.41, 5.74) is 0. The van der Waals surface area contributed by atoms with E-state index in [0.29, 0.717) is 10.1 Å². The Kier molecular flexibility index (Phi) is 4.75. The molecule has 1 aromatic rings. The second kappa shape index (κ2) is 6.12. The molecule has 1 atom stereocenters.